The van der Waals surface area contributed by atoms with Crippen LogP contribution in [0.5, 0.6) is 0 Å². The minimum atomic E-state index is -3.53. The first kappa shape index (κ1) is 22.2. The number of benzene rings is 1. The van der Waals surface area contributed by atoms with Gasteiger partial charge in [-0.1, -0.05) is 36.4 Å². The zero-order chi connectivity index (χ0) is 22.7. The quantitative estimate of drug-likeness (QED) is 0.529. The molecule has 3 heterocycles. The molecule has 1 atom stereocenters. The first-order chi connectivity index (χ1) is 15.3. The van der Waals surface area contributed by atoms with Gasteiger partial charge in [-0.25, -0.2) is 17.7 Å². The monoisotopic (exact) mass is 455 g/mol. The van der Waals surface area contributed by atoms with Crippen LogP contribution in [0.1, 0.15) is 29.7 Å². The number of aryl methyl sites for hydroxylation is 1. The summed E-state index contributed by atoms with van der Waals surface area (Å²) < 4.78 is 33.8. The molecule has 2 aromatic heterocycles. The second kappa shape index (κ2) is 9.22. The summed E-state index contributed by atoms with van der Waals surface area (Å²) in [5, 5.41) is 0. The number of carbonyl (C=O) groups excluding carboxylic acids is 1. The lowest BCUT2D eigenvalue weighted by Gasteiger charge is -2.30. The molecule has 4 rings (SSSR count). The van der Waals surface area contributed by atoms with Crippen molar-refractivity contribution in [2.45, 2.75) is 32.1 Å². The zero-order valence-corrected chi connectivity index (χ0v) is 18.6. The minimum Gasteiger partial charge on any atom is -0.459 e. The molecule has 1 aliphatic rings. The molecule has 3 aromatic rings. The van der Waals surface area contributed by atoms with Gasteiger partial charge in [-0.05, 0) is 37.0 Å². The summed E-state index contributed by atoms with van der Waals surface area (Å²) in [6.45, 7) is 2.24. The van der Waals surface area contributed by atoms with Crippen LogP contribution in [-0.2, 0) is 31.9 Å². The second-order valence-corrected chi connectivity index (χ2v) is 10.0. The smallest absolute Gasteiger partial charge is 0.310 e. The molecule has 0 aliphatic carbocycles. The third-order valence-electron chi connectivity index (χ3n) is 5.53. The molecule has 9 heteroatoms. The van der Waals surface area contributed by atoms with Crippen LogP contribution in [0.4, 0.5) is 0 Å². The second-order valence-electron chi connectivity index (χ2n) is 8.07. The summed E-state index contributed by atoms with van der Waals surface area (Å²) in [7, 11) is -3.53. The highest BCUT2D eigenvalue weighted by Gasteiger charge is 2.33. The Hall–Kier alpha value is -3.04. The van der Waals surface area contributed by atoms with Gasteiger partial charge in [0.15, 0.2) is 0 Å². The van der Waals surface area contributed by atoms with Crippen LogP contribution in [0, 0.1) is 12.8 Å². The summed E-state index contributed by atoms with van der Waals surface area (Å²) in [5.74, 6) is -1.12. The van der Waals surface area contributed by atoms with Crippen molar-refractivity contribution in [3.63, 3.8) is 0 Å². The van der Waals surface area contributed by atoms with Crippen molar-refractivity contribution in [2.75, 3.05) is 13.1 Å². The van der Waals surface area contributed by atoms with Gasteiger partial charge in [0.25, 0.3) is 5.56 Å². The number of ether oxygens (including phenoxy) is 1. The molecule has 0 radical (unpaired) electrons. The molecule has 0 bridgehead atoms. The van der Waals surface area contributed by atoms with Gasteiger partial charge in [-0.2, -0.15) is 0 Å². The number of pyridine rings is 1. The Morgan fingerprint density at radius 3 is 2.75 bits per heavy atom. The van der Waals surface area contributed by atoms with E-state index in [1.54, 1.807) is 36.5 Å². The molecule has 1 saturated heterocycles. The van der Waals surface area contributed by atoms with Crippen LogP contribution in [-0.4, -0.2) is 41.2 Å². The lowest BCUT2D eigenvalue weighted by molar-refractivity contribution is -0.151. The maximum atomic E-state index is 12.8. The summed E-state index contributed by atoms with van der Waals surface area (Å²) in [4.78, 5) is 29.3. The van der Waals surface area contributed by atoms with E-state index in [0.717, 1.165) is 5.56 Å². The lowest BCUT2D eigenvalue weighted by Crippen LogP contribution is -2.43. The molecule has 32 heavy (non-hydrogen) atoms. The summed E-state index contributed by atoms with van der Waals surface area (Å²) in [5.41, 5.74) is 2.23. The third-order valence-corrected chi connectivity index (χ3v) is 7.34. The Labute approximate surface area is 186 Å². The Kier molecular flexibility index (Phi) is 6.38. The predicted molar refractivity (Wildman–Crippen MR) is 119 cm³/mol. The Morgan fingerprint density at radius 1 is 1.19 bits per heavy atom. The number of piperidine rings is 1. The third kappa shape index (κ3) is 5.05. The van der Waals surface area contributed by atoms with Crippen LogP contribution in [0.25, 0.3) is 5.65 Å². The van der Waals surface area contributed by atoms with Gasteiger partial charge >= 0.3 is 5.97 Å². The lowest BCUT2D eigenvalue weighted by atomic mass is 10.00. The van der Waals surface area contributed by atoms with Crippen LogP contribution < -0.4 is 5.56 Å². The van der Waals surface area contributed by atoms with Gasteiger partial charge in [0.1, 0.15) is 12.3 Å². The highest BCUT2D eigenvalue weighted by Crippen LogP contribution is 2.23. The SMILES string of the molecule is Cc1ccc2nc(COC(=O)C3CCCN(S(=O)(=O)Cc4ccccc4)C3)cc(=O)n2c1. The predicted octanol–water partition coefficient (Wildman–Crippen LogP) is 2.29. The fourth-order valence-electron chi connectivity index (χ4n) is 3.86. The highest BCUT2D eigenvalue weighted by molar-refractivity contribution is 7.88. The fourth-order valence-corrected chi connectivity index (χ4v) is 5.47. The molecular formula is C23H25N3O5S. The van der Waals surface area contributed by atoms with Crippen LogP contribution in [0.3, 0.4) is 0 Å². The van der Waals surface area contributed by atoms with Crippen molar-refractivity contribution in [3.05, 3.63) is 81.9 Å². The molecule has 1 aromatic carbocycles. The maximum absolute atomic E-state index is 12.8. The van der Waals surface area contributed by atoms with Crippen molar-refractivity contribution in [3.8, 4) is 0 Å². The van der Waals surface area contributed by atoms with Gasteiger partial charge in [-0.15, -0.1) is 0 Å². The number of carbonyl (C=O) groups is 1. The highest BCUT2D eigenvalue weighted by atomic mass is 32.2. The van der Waals surface area contributed by atoms with E-state index < -0.39 is 21.9 Å². The molecule has 8 nitrogen and oxygen atoms in total. The van der Waals surface area contributed by atoms with E-state index in [1.807, 2.05) is 19.1 Å². The molecule has 0 spiro atoms. The number of fused-ring (bicyclic) bond motifs is 1. The standard InChI is InChI=1S/C23H25N3O5S/c1-17-9-10-21-24-20(12-22(27)26(21)13-17)15-31-23(28)19-8-5-11-25(14-19)32(29,30)16-18-6-3-2-4-7-18/h2-4,6-7,9-10,12-13,19H,5,8,11,14-16H2,1H3. The Morgan fingerprint density at radius 2 is 1.97 bits per heavy atom. The number of rotatable bonds is 6. The molecule has 0 amide bonds. The van der Waals surface area contributed by atoms with Gasteiger partial charge < -0.3 is 4.74 Å². The van der Waals surface area contributed by atoms with Crippen molar-refractivity contribution >= 4 is 21.6 Å². The van der Waals surface area contributed by atoms with Crippen LogP contribution in [0.15, 0.2) is 59.5 Å². The molecule has 168 valence electrons. The fraction of sp³-hybridized carbons (Fsp3) is 0.348. The Bertz CT molecular complexity index is 1290. The molecule has 0 saturated carbocycles. The Balaban J connectivity index is 1.40. The maximum Gasteiger partial charge on any atom is 0.310 e. The van der Waals surface area contributed by atoms with Crippen molar-refractivity contribution in [1.29, 1.82) is 0 Å². The first-order valence-corrected chi connectivity index (χ1v) is 12.1. The molecule has 0 N–H and O–H groups in total. The largest absolute Gasteiger partial charge is 0.459 e. The number of hydrogen-bond acceptors (Lipinski definition) is 6. The number of aromatic nitrogens is 2. The van der Waals surface area contributed by atoms with E-state index in [9.17, 15) is 18.0 Å². The number of hydrogen-bond donors (Lipinski definition) is 0. The van der Waals surface area contributed by atoms with Crippen LogP contribution >= 0.6 is 0 Å². The average Bonchev–Trinajstić information content (AvgIpc) is 2.78. The summed E-state index contributed by atoms with van der Waals surface area (Å²) in [6.07, 6.45) is 2.85. The van der Waals surface area contributed by atoms with Crippen molar-refractivity contribution < 1.29 is 17.9 Å². The molecule has 1 fully saturated rings. The van der Waals surface area contributed by atoms with E-state index in [0.29, 0.717) is 36.3 Å². The van der Waals surface area contributed by atoms with E-state index in [-0.39, 0.29) is 24.5 Å². The zero-order valence-electron chi connectivity index (χ0n) is 17.8. The number of esters is 1. The van der Waals surface area contributed by atoms with Gasteiger partial charge in [0, 0.05) is 25.4 Å². The number of nitrogens with zero attached hydrogens (tertiary/aromatic N) is 3. The summed E-state index contributed by atoms with van der Waals surface area (Å²) >= 11 is 0. The average molecular weight is 456 g/mol. The molecular weight excluding hydrogens is 430 g/mol. The minimum absolute atomic E-state index is 0.0972. The topological polar surface area (TPSA) is 98.0 Å². The van der Waals surface area contributed by atoms with E-state index in [2.05, 4.69) is 4.98 Å². The van der Waals surface area contributed by atoms with Crippen molar-refractivity contribution in [2.24, 2.45) is 5.92 Å². The van der Waals surface area contributed by atoms with Crippen LogP contribution in [0.2, 0.25) is 0 Å². The number of sulfonamides is 1. The molecule has 1 unspecified atom stereocenters. The van der Waals surface area contributed by atoms with Gasteiger partial charge in [0.2, 0.25) is 10.0 Å². The first-order valence-electron chi connectivity index (χ1n) is 10.5. The summed E-state index contributed by atoms with van der Waals surface area (Å²) in [6, 6.07) is 13.9. The van der Waals surface area contributed by atoms with Gasteiger partial charge in [-0.3, -0.25) is 14.0 Å². The van der Waals surface area contributed by atoms with E-state index >= 15 is 0 Å². The van der Waals surface area contributed by atoms with Crippen molar-refractivity contribution in [1.82, 2.24) is 13.7 Å². The molecule has 1 aliphatic heterocycles. The van der Waals surface area contributed by atoms with E-state index in [1.165, 1.54) is 14.8 Å². The van der Waals surface area contributed by atoms with Gasteiger partial charge in [0.05, 0.1) is 17.4 Å². The van der Waals surface area contributed by atoms with E-state index in [4.69, 9.17) is 4.74 Å². The normalized spacial score (nSPS) is 17.3.